The van der Waals surface area contributed by atoms with Gasteiger partial charge in [0, 0.05) is 25.5 Å². The zero-order valence-corrected chi connectivity index (χ0v) is 15.2. The van der Waals surface area contributed by atoms with Gasteiger partial charge in [0.25, 0.3) is 5.91 Å². The maximum absolute atomic E-state index is 12.8. The number of carbonyl (C=O) groups excluding carboxylic acids is 1. The van der Waals surface area contributed by atoms with E-state index in [4.69, 9.17) is 9.47 Å². The van der Waals surface area contributed by atoms with Gasteiger partial charge in [-0.2, -0.15) is 5.10 Å². The zero-order chi connectivity index (χ0) is 18.0. The topological polar surface area (TPSA) is 65.4 Å². The molecule has 1 heterocycles. The number of hydrogen-bond donors (Lipinski definition) is 1. The second kappa shape index (κ2) is 7.37. The minimum atomic E-state index is -0.490. The lowest BCUT2D eigenvalue weighted by molar-refractivity contribution is -0.117. The molecule has 0 fully saturated rings. The summed E-state index contributed by atoms with van der Waals surface area (Å²) in [4.78, 5) is 12.8. The Labute approximate surface area is 148 Å². The molecule has 6 nitrogen and oxygen atoms in total. The van der Waals surface area contributed by atoms with E-state index >= 15 is 0 Å². The monoisotopic (exact) mass is 343 g/mol. The van der Waals surface area contributed by atoms with E-state index in [1.54, 1.807) is 14.2 Å². The van der Waals surface area contributed by atoms with Crippen LogP contribution in [0.3, 0.4) is 0 Å². The summed E-state index contributed by atoms with van der Waals surface area (Å²) in [7, 11) is 3.11. The Kier molecular flexibility index (Phi) is 5.20. The molecule has 0 saturated heterocycles. The number of hydrogen-bond acceptors (Lipinski definition) is 4. The van der Waals surface area contributed by atoms with Gasteiger partial charge in [-0.05, 0) is 44.7 Å². The average Bonchev–Trinajstić information content (AvgIpc) is 3.19. The van der Waals surface area contributed by atoms with Crippen LogP contribution in [-0.4, -0.2) is 42.2 Å². The van der Waals surface area contributed by atoms with Gasteiger partial charge in [-0.3, -0.25) is 4.79 Å². The van der Waals surface area contributed by atoms with Gasteiger partial charge in [-0.15, -0.1) is 0 Å². The van der Waals surface area contributed by atoms with Crippen LogP contribution >= 0.6 is 0 Å². The smallest absolute Gasteiger partial charge is 0.272 e. The van der Waals surface area contributed by atoms with Gasteiger partial charge in [0.1, 0.15) is 0 Å². The van der Waals surface area contributed by atoms with Crippen molar-refractivity contribution >= 4 is 5.91 Å². The second-order valence-corrected chi connectivity index (χ2v) is 6.43. The summed E-state index contributed by atoms with van der Waals surface area (Å²) in [6, 6.07) is 7.82. The maximum Gasteiger partial charge on any atom is 0.272 e. The molecule has 1 aliphatic rings. The van der Waals surface area contributed by atoms with E-state index in [0.717, 1.165) is 41.8 Å². The molecule has 1 N–H and O–H groups in total. The lowest BCUT2D eigenvalue weighted by Crippen LogP contribution is -2.43. The highest BCUT2D eigenvalue weighted by molar-refractivity contribution is 5.94. The van der Waals surface area contributed by atoms with Crippen LogP contribution in [0, 0.1) is 6.92 Å². The lowest BCUT2D eigenvalue weighted by Gasteiger charge is -2.21. The predicted molar refractivity (Wildman–Crippen MR) is 95.1 cm³/mol. The molecule has 1 aromatic carbocycles. The number of nitrogens with zero attached hydrogens (tertiary/aromatic N) is 2. The van der Waals surface area contributed by atoms with Crippen LogP contribution in [0.1, 0.15) is 40.7 Å². The molecule has 1 aromatic heterocycles. The normalized spacial score (nSPS) is 14.6. The Morgan fingerprint density at radius 3 is 2.64 bits per heavy atom. The van der Waals surface area contributed by atoms with Crippen molar-refractivity contribution in [2.75, 3.05) is 14.2 Å². The summed E-state index contributed by atoms with van der Waals surface area (Å²) < 4.78 is 12.4. The molecule has 6 heteroatoms. The molecule has 1 amide bonds. The van der Waals surface area contributed by atoms with Crippen molar-refractivity contribution in [2.45, 2.75) is 45.4 Å². The number of rotatable bonds is 6. The number of carbonyl (C=O) groups is 1. The predicted octanol–water partition coefficient (Wildman–Crippen LogP) is 2.41. The molecule has 0 unspecified atom stereocenters. The van der Waals surface area contributed by atoms with Crippen molar-refractivity contribution in [3.8, 4) is 5.69 Å². The number of aromatic nitrogens is 2. The molecule has 2 aromatic rings. The van der Waals surface area contributed by atoms with E-state index < -0.39 is 6.29 Å². The molecule has 3 rings (SSSR count). The van der Waals surface area contributed by atoms with Gasteiger partial charge in [0.05, 0.1) is 11.7 Å². The van der Waals surface area contributed by atoms with Crippen molar-refractivity contribution in [3.63, 3.8) is 0 Å². The molecule has 0 saturated carbocycles. The van der Waals surface area contributed by atoms with Crippen molar-refractivity contribution in [1.82, 2.24) is 15.1 Å². The number of ether oxygens (including phenoxy) is 2. The number of benzene rings is 1. The third-order valence-electron chi connectivity index (χ3n) is 4.72. The summed E-state index contributed by atoms with van der Waals surface area (Å²) >= 11 is 0. The molecule has 1 atom stereocenters. The Balaban J connectivity index is 1.92. The molecule has 25 heavy (non-hydrogen) atoms. The molecule has 134 valence electrons. The molecule has 0 aliphatic heterocycles. The van der Waals surface area contributed by atoms with Crippen LogP contribution in [0.4, 0.5) is 0 Å². The molecule has 1 aliphatic carbocycles. The van der Waals surface area contributed by atoms with Crippen molar-refractivity contribution < 1.29 is 14.3 Å². The van der Waals surface area contributed by atoms with Crippen molar-refractivity contribution in [2.24, 2.45) is 0 Å². The van der Waals surface area contributed by atoms with Gasteiger partial charge in [0.2, 0.25) is 0 Å². The first-order valence-corrected chi connectivity index (χ1v) is 8.60. The second-order valence-electron chi connectivity index (χ2n) is 6.43. The zero-order valence-electron chi connectivity index (χ0n) is 15.2. The molecule has 0 bridgehead atoms. The van der Waals surface area contributed by atoms with E-state index in [1.165, 1.54) is 0 Å². The Morgan fingerprint density at radius 1 is 1.24 bits per heavy atom. The van der Waals surface area contributed by atoms with Crippen LogP contribution in [-0.2, 0) is 22.3 Å². The van der Waals surface area contributed by atoms with Gasteiger partial charge >= 0.3 is 0 Å². The summed E-state index contributed by atoms with van der Waals surface area (Å²) in [5, 5.41) is 7.59. The fraction of sp³-hybridized carbons (Fsp3) is 0.474. The summed E-state index contributed by atoms with van der Waals surface area (Å²) in [5.41, 5.74) is 4.87. The highest BCUT2D eigenvalue weighted by Gasteiger charge is 2.29. The van der Waals surface area contributed by atoms with E-state index in [0.29, 0.717) is 5.69 Å². The van der Waals surface area contributed by atoms with E-state index in [9.17, 15) is 4.79 Å². The highest BCUT2D eigenvalue weighted by atomic mass is 16.7. The molecular formula is C19H25N3O3. The Hall–Kier alpha value is -2.18. The number of nitrogens with one attached hydrogen (secondary N) is 1. The first kappa shape index (κ1) is 17.6. The van der Waals surface area contributed by atoms with Gasteiger partial charge in [0.15, 0.2) is 12.0 Å². The van der Waals surface area contributed by atoms with Crippen LogP contribution in [0.15, 0.2) is 24.3 Å². The van der Waals surface area contributed by atoms with Gasteiger partial charge in [-0.1, -0.05) is 18.2 Å². The van der Waals surface area contributed by atoms with Gasteiger partial charge in [-0.25, -0.2) is 4.68 Å². The third kappa shape index (κ3) is 3.32. The maximum atomic E-state index is 12.8. The first-order valence-electron chi connectivity index (χ1n) is 8.60. The fourth-order valence-corrected chi connectivity index (χ4v) is 3.47. The van der Waals surface area contributed by atoms with Crippen molar-refractivity contribution in [3.05, 3.63) is 46.8 Å². The average molecular weight is 343 g/mol. The largest absolute Gasteiger partial charge is 0.354 e. The summed E-state index contributed by atoms with van der Waals surface area (Å²) in [6.45, 7) is 3.91. The minimum absolute atomic E-state index is 0.183. The summed E-state index contributed by atoms with van der Waals surface area (Å²) in [5.74, 6) is -0.183. The SMILES string of the molecule is COC(OC)[C@@H](C)NC(=O)c1nn(-c2ccccc2C)c2c1CCC2. The quantitative estimate of drug-likeness (QED) is 0.818. The third-order valence-corrected chi connectivity index (χ3v) is 4.72. The highest BCUT2D eigenvalue weighted by Crippen LogP contribution is 2.28. The molecule has 0 spiro atoms. The Morgan fingerprint density at radius 2 is 1.96 bits per heavy atom. The van der Waals surface area contributed by atoms with Crippen LogP contribution in [0.5, 0.6) is 0 Å². The van der Waals surface area contributed by atoms with Gasteiger partial charge < -0.3 is 14.8 Å². The van der Waals surface area contributed by atoms with Crippen LogP contribution in [0.25, 0.3) is 5.69 Å². The van der Waals surface area contributed by atoms with E-state index in [2.05, 4.69) is 23.4 Å². The Bertz CT molecular complexity index is 765. The number of fused-ring (bicyclic) bond motifs is 1. The summed E-state index contributed by atoms with van der Waals surface area (Å²) in [6.07, 6.45) is 2.39. The fourth-order valence-electron chi connectivity index (χ4n) is 3.47. The van der Waals surface area contributed by atoms with Crippen molar-refractivity contribution in [1.29, 1.82) is 0 Å². The van der Waals surface area contributed by atoms with E-state index in [1.807, 2.05) is 29.8 Å². The van der Waals surface area contributed by atoms with Crippen LogP contribution < -0.4 is 5.32 Å². The number of amides is 1. The number of methoxy groups -OCH3 is 2. The molecular weight excluding hydrogens is 318 g/mol. The number of para-hydroxylation sites is 1. The van der Waals surface area contributed by atoms with E-state index in [-0.39, 0.29) is 11.9 Å². The first-order chi connectivity index (χ1) is 12.1. The minimum Gasteiger partial charge on any atom is -0.354 e. The molecule has 0 radical (unpaired) electrons. The standard InChI is InChI=1S/C19H25N3O3/c1-12-8-5-6-10-15(12)22-16-11-7-9-14(16)17(21-22)18(23)20-13(2)19(24-3)25-4/h5-6,8,10,13,19H,7,9,11H2,1-4H3,(H,20,23)/t13-/m1/s1. The van der Waals surface area contributed by atoms with Crippen LogP contribution in [0.2, 0.25) is 0 Å². The lowest BCUT2D eigenvalue weighted by atomic mass is 10.1. The number of aryl methyl sites for hydroxylation is 1.